The molecule has 0 aliphatic rings. The predicted molar refractivity (Wildman–Crippen MR) is 99.1 cm³/mol. The van der Waals surface area contributed by atoms with E-state index < -0.39 is 11.9 Å². The minimum absolute atomic E-state index is 0.0621. The van der Waals surface area contributed by atoms with Crippen LogP contribution in [0.5, 0.6) is 0 Å². The Bertz CT molecular complexity index is 534. The Morgan fingerprint density at radius 2 is 1.95 bits per heavy atom. The molecule has 8 heteroatoms. The Hall–Kier alpha value is 0.150. The van der Waals surface area contributed by atoms with Crippen molar-refractivity contribution in [3.63, 3.8) is 0 Å². The van der Waals surface area contributed by atoms with E-state index in [0.29, 0.717) is 11.4 Å². The summed E-state index contributed by atoms with van der Waals surface area (Å²) in [5, 5.41) is 11.5. The maximum Gasteiger partial charge on any atom is 0.306 e. The quantitative estimate of drug-likeness (QED) is 0.366. The summed E-state index contributed by atoms with van der Waals surface area (Å²) in [4.78, 5) is 22.5. The van der Waals surface area contributed by atoms with Gasteiger partial charge in [0, 0.05) is 13.6 Å². The van der Waals surface area contributed by atoms with Gasteiger partial charge in [0.25, 0.3) is 0 Å². The van der Waals surface area contributed by atoms with Crippen LogP contribution in [0.1, 0.15) is 13.3 Å². The standard InChI is InChI=1S/C11H11I3N2O3/c1-4(11(18)19)2-7(17)16-10-6(13)3-5(12)9(15)8(10)14/h3-4H,2,15H2,1H3,(H,16,17)(H,18,19). The van der Waals surface area contributed by atoms with Crippen molar-refractivity contribution < 1.29 is 14.7 Å². The summed E-state index contributed by atoms with van der Waals surface area (Å²) in [5.74, 6) is -2.02. The molecule has 0 aliphatic heterocycles. The number of nitrogens with two attached hydrogens (primary N) is 1. The third-order valence-corrected chi connectivity index (χ3v) is 5.25. The molecule has 0 radical (unpaired) electrons. The highest BCUT2D eigenvalue weighted by Gasteiger charge is 2.18. The number of aliphatic carboxylic acids is 1. The molecule has 5 nitrogen and oxygen atoms in total. The van der Waals surface area contributed by atoms with Crippen molar-refractivity contribution >= 4 is 91.0 Å². The van der Waals surface area contributed by atoms with Crippen molar-refractivity contribution in [2.24, 2.45) is 5.92 Å². The summed E-state index contributed by atoms with van der Waals surface area (Å²) in [5.41, 5.74) is 7.17. The molecule has 19 heavy (non-hydrogen) atoms. The molecule has 1 aromatic carbocycles. The highest BCUT2D eigenvalue weighted by atomic mass is 127. The topological polar surface area (TPSA) is 92.4 Å². The lowest BCUT2D eigenvalue weighted by molar-refractivity contribution is -0.142. The molecule has 104 valence electrons. The first-order valence-electron chi connectivity index (χ1n) is 5.19. The number of hydrogen-bond acceptors (Lipinski definition) is 3. The van der Waals surface area contributed by atoms with Gasteiger partial charge in [0.05, 0.1) is 20.9 Å². The monoisotopic (exact) mass is 600 g/mol. The highest BCUT2D eigenvalue weighted by Crippen LogP contribution is 2.33. The van der Waals surface area contributed by atoms with Crippen molar-refractivity contribution in [3.05, 3.63) is 16.8 Å². The molecule has 0 bridgehead atoms. The van der Waals surface area contributed by atoms with E-state index in [-0.39, 0.29) is 12.3 Å². The summed E-state index contributed by atoms with van der Waals surface area (Å²) in [6.45, 7) is 1.50. The summed E-state index contributed by atoms with van der Waals surface area (Å²) >= 11 is 6.31. The van der Waals surface area contributed by atoms with Gasteiger partial charge in [0.15, 0.2) is 0 Å². The molecular weight excluding hydrogens is 589 g/mol. The molecule has 0 saturated carbocycles. The van der Waals surface area contributed by atoms with Crippen molar-refractivity contribution in [1.29, 1.82) is 0 Å². The minimum atomic E-state index is -0.985. The average molecular weight is 600 g/mol. The van der Waals surface area contributed by atoms with Crippen molar-refractivity contribution in [3.8, 4) is 0 Å². The lowest BCUT2D eigenvalue weighted by Crippen LogP contribution is -2.21. The summed E-state index contributed by atoms with van der Waals surface area (Å²) in [6, 6.07) is 1.87. The molecular formula is C11H11I3N2O3. The first-order chi connectivity index (χ1) is 8.73. The van der Waals surface area contributed by atoms with Crippen molar-refractivity contribution in [2.75, 3.05) is 11.1 Å². The van der Waals surface area contributed by atoms with Crippen LogP contribution in [0.4, 0.5) is 11.4 Å². The van der Waals surface area contributed by atoms with E-state index in [9.17, 15) is 9.59 Å². The number of carboxylic acid groups (broad SMARTS) is 1. The number of carbonyl (C=O) groups excluding carboxylic acids is 1. The fourth-order valence-electron chi connectivity index (χ4n) is 1.28. The summed E-state index contributed by atoms with van der Waals surface area (Å²) < 4.78 is 2.56. The third-order valence-electron chi connectivity index (χ3n) is 2.38. The van der Waals surface area contributed by atoms with Crippen LogP contribution in [0, 0.1) is 16.6 Å². The maximum absolute atomic E-state index is 11.8. The Balaban J connectivity index is 2.92. The van der Waals surface area contributed by atoms with Gasteiger partial charge in [-0.15, -0.1) is 0 Å². The molecule has 1 aromatic rings. The van der Waals surface area contributed by atoms with Gasteiger partial charge in [0.1, 0.15) is 0 Å². The van der Waals surface area contributed by atoms with E-state index in [2.05, 4.69) is 73.1 Å². The van der Waals surface area contributed by atoms with Crippen LogP contribution in [0.15, 0.2) is 6.07 Å². The first kappa shape index (κ1) is 17.2. The molecule has 1 amide bonds. The minimum Gasteiger partial charge on any atom is -0.481 e. The highest BCUT2D eigenvalue weighted by molar-refractivity contribution is 14.1. The Kier molecular flexibility index (Phi) is 6.56. The van der Waals surface area contributed by atoms with Crippen LogP contribution in [0.3, 0.4) is 0 Å². The molecule has 1 rings (SSSR count). The van der Waals surface area contributed by atoms with Crippen LogP contribution < -0.4 is 11.1 Å². The molecule has 4 N–H and O–H groups in total. The predicted octanol–water partition coefficient (Wildman–Crippen LogP) is 3.13. The van der Waals surface area contributed by atoms with Gasteiger partial charge in [-0.05, 0) is 73.8 Å². The average Bonchev–Trinajstić information content (AvgIpc) is 2.31. The fourth-order valence-corrected chi connectivity index (χ4v) is 4.92. The number of nitrogens with one attached hydrogen (secondary N) is 1. The largest absolute Gasteiger partial charge is 0.481 e. The van der Waals surface area contributed by atoms with Gasteiger partial charge >= 0.3 is 5.97 Å². The molecule has 0 fully saturated rings. The van der Waals surface area contributed by atoms with Gasteiger partial charge in [-0.1, -0.05) is 6.92 Å². The molecule has 1 unspecified atom stereocenters. The second-order valence-corrected chi connectivity index (χ2v) is 7.34. The van der Waals surface area contributed by atoms with Crippen LogP contribution in [0.25, 0.3) is 0 Å². The zero-order valence-corrected chi connectivity index (χ0v) is 16.3. The van der Waals surface area contributed by atoms with E-state index in [0.717, 1.165) is 10.7 Å². The number of halogens is 3. The zero-order chi connectivity index (χ0) is 14.7. The molecule has 0 spiro atoms. The number of hydrogen-bond donors (Lipinski definition) is 3. The second kappa shape index (κ2) is 7.24. The number of amides is 1. The number of rotatable bonds is 4. The summed E-state index contributed by atoms with van der Waals surface area (Å²) in [6.07, 6.45) is -0.0621. The lowest BCUT2D eigenvalue weighted by atomic mass is 10.1. The van der Waals surface area contributed by atoms with E-state index in [1.807, 2.05) is 6.07 Å². The molecule has 1 atom stereocenters. The Morgan fingerprint density at radius 1 is 1.37 bits per heavy atom. The van der Waals surface area contributed by atoms with Crippen molar-refractivity contribution in [1.82, 2.24) is 0 Å². The van der Waals surface area contributed by atoms with Crippen LogP contribution in [-0.4, -0.2) is 17.0 Å². The first-order valence-corrected chi connectivity index (χ1v) is 8.43. The SMILES string of the molecule is CC(CC(=O)Nc1c(I)cc(I)c(N)c1I)C(=O)O. The maximum atomic E-state index is 11.8. The lowest BCUT2D eigenvalue weighted by Gasteiger charge is -2.14. The van der Waals surface area contributed by atoms with Crippen molar-refractivity contribution in [2.45, 2.75) is 13.3 Å². The normalized spacial score (nSPS) is 12.0. The van der Waals surface area contributed by atoms with Gasteiger partial charge in [-0.3, -0.25) is 9.59 Å². The van der Waals surface area contributed by atoms with E-state index in [1.165, 1.54) is 6.92 Å². The molecule has 0 aliphatic carbocycles. The summed E-state index contributed by atoms with van der Waals surface area (Å²) in [7, 11) is 0. The van der Waals surface area contributed by atoms with Gasteiger partial charge in [0.2, 0.25) is 5.91 Å². The van der Waals surface area contributed by atoms with E-state index in [4.69, 9.17) is 10.8 Å². The number of anilines is 2. The Morgan fingerprint density at radius 3 is 2.47 bits per heavy atom. The second-order valence-electron chi connectivity index (χ2n) is 3.93. The van der Waals surface area contributed by atoms with Gasteiger partial charge in [-0.2, -0.15) is 0 Å². The van der Waals surface area contributed by atoms with Crippen LogP contribution in [0.2, 0.25) is 0 Å². The number of benzene rings is 1. The third kappa shape index (κ3) is 4.58. The van der Waals surface area contributed by atoms with Gasteiger partial charge < -0.3 is 16.2 Å². The molecule has 0 aromatic heterocycles. The van der Waals surface area contributed by atoms with Gasteiger partial charge in [-0.25, -0.2) is 0 Å². The molecule has 0 heterocycles. The van der Waals surface area contributed by atoms with Crippen LogP contribution in [-0.2, 0) is 9.59 Å². The number of nitrogen functional groups attached to an aromatic ring is 1. The number of carbonyl (C=O) groups is 2. The fraction of sp³-hybridized carbons (Fsp3) is 0.273. The number of carboxylic acids is 1. The van der Waals surface area contributed by atoms with E-state index in [1.54, 1.807) is 0 Å². The smallest absolute Gasteiger partial charge is 0.306 e. The zero-order valence-electron chi connectivity index (χ0n) is 9.84. The van der Waals surface area contributed by atoms with E-state index >= 15 is 0 Å². The van der Waals surface area contributed by atoms with Crippen LogP contribution >= 0.6 is 67.8 Å². The Labute approximate surface area is 151 Å². The molecule has 0 saturated heterocycles.